The molecule has 1 aromatic carbocycles. The van der Waals surface area contributed by atoms with E-state index in [4.69, 9.17) is 48.6 Å². The largest absolute Gasteiger partial charge is 0.445 e. The lowest BCUT2D eigenvalue weighted by molar-refractivity contribution is 0.152. The zero-order valence-electron chi connectivity index (χ0n) is 18.0. The van der Waals surface area contributed by atoms with Crippen LogP contribution in [0.25, 0.3) is 6.08 Å². The van der Waals surface area contributed by atoms with Crippen LogP contribution in [0.3, 0.4) is 0 Å². The molecule has 6 nitrogen and oxygen atoms in total. The van der Waals surface area contributed by atoms with Crippen LogP contribution in [0.4, 0.5) is 10.5 Å². The van der Waals surface area contributed by atoms with E-state index in [9.17, 15) is 9.36 Å². The Balaban J connectivity index is 2.44. The molecule has 2 rings (SSSR count). The monoisotopic (exact) mass is 511 g/mol. The molecule has 0 N–H and O–H groups in total. The first-order valence-electron chi connectivity index (χ1n) is 10.3. The average Bonchev–Trinajstić information content (AvgIpc) is 2.71. The number of benzene rings is 1. The number of hydrogen-bond donors (Lipinski definition) is 0. The summed E-state index contributed by atoms with van der Waals surface area (Å²) in [5, 5.41) is 0. The zero-order valence-corrected chi connectivity index (χ0v) is 21.1. The molecule has 0 radical (unpaired) electrons. The lowest BCUT2D eigenvalue weighted by Crippen LogP contribution is -2.43. The molecule has 1 aromatic rings. The molecule has 0 spiro atoms. The van der Waals surface area contributed by atoms with Gasteiger partial charge in [0.25, 0.3) is 0 Å². The topological polar surface area (TPSA) is 65.1 Å². The van der Waals surface area contributed by atoms with Crippen molar-refractivity contribution >= 4 is 60.3 Å². The highest BCUT2D eigenvalue weighted by Crippen LogP contribution is 2.57. The minimum Gasteiger partial charge on any atom is -0.445 e. The Morgan fingerprint density at radius 1 is 1.13 bits per heavy atom. The Labute approximate surface area is 199 Å². The third-order valence-corrected chi connectivity index (χ3v) is 7.04. The summed E-state index contributed by atoms with van der Waals surface area (Å²) in [6.45, 7) is 5.96. The van der Waals surface area contributed by atoms with Crippen molar-refractivity contribution in [2.45, 2.75) is 56.0 Å². The van der Waals surface area contributed by atoms with Gasteiger partial charge in [-0.1, -0.05) is 79.7 Å². The van der Waals surface area contributed by atoms with Gasteiger partial charge < -0.3 is 13.8 Å². The van der Waals surface area contributed by atoms with Crippen molar-refractivity contribution in [1.29, 1.82) is 0 Å². The number of carbonyl (C=O) groups excluding carboxylic acids is 1. The van der Waals surface area contributed by atoms with Gasteiger partial charge in [0.2, 0.25) is 3.79 Å². The van der Waals surface area contributed by atoms with Crippen LogP contribution in [0, 0.1) is 6.92 Å². The number of unbranched alkanes of at least 4 members (excludes halogenated alkanes) is 2. The summed E-state index contributed by atoms with van der Waals surface area (Å²) in [5.74, 6) is -1.00. The maximum Gasteiger partial charge on any atom is 0.415 e. The average molecular weight is 513 g/mol. The minimum atomic E-state index is -3.76. The fourth-order valence-electron chi connectivity index (χ4n) is 2.95. The fourth-order valence-corrected chi connectivity index (χ4v) is 5.06. The third-order valence-electron chi connectivity index (χ3n) is 4.58. The molecule has 1 aliphatic heterocycles. The van der Waals surface area contributed by atoms with E-state index in [1.54, 1.807) is 12.2 Å². The van der Waals surface area contributed by atoms with E-state index in [2.05, 4.69) is 0 Å². The van der Waals surface area contributed by atoms with Crippen LogP contribution in [0.15, 0.2) is 24.3 Å². The maximum atomic E-state index is 13.9. The number of amides is 1. The van der Waals surface area contributed by atoms with Gasteiger partial charge in [0.1, 0.15) is 6.61 Å². The predicted octanol–water partition coefficient (Wildman–Crippen LogP) is 7.49. The molecular weight excluding hydrogens is 484 g/mol. The van der Waals surface area contributed by atoms with Crippen molar-refractivity contribution in [3.63, 3.8) is 0 Å². The Morgan fingerprint density at radius 2 is 1.74 bits per heavy atom. The highest BCUT2D eigenvalue weighted by atomic mass is 35.6. The molecule has 10 heteroatoms. The number of anilines is 1. The summed E-state index contributed by atoms with van der Waals surface area (Å²) in [6.07, 6.45) is 5.81. The third kappa shape index (κ3) is 7.66. The summed E-state index contributed by atoms with van der Waals surface area (Å²) in [4.78, 5) is 14.4. The summed E-state index contributed by atoms with van der Waals surface area (Å²) < 4.78 is 28.9. The van der Waals surface area contributed by atoms with E-state index < -0.39 is 29.9 Å². The Morgan fingerprint density at radius 3 is 2.29 bits per heavy atom. The van der Waals surface area contributed by atoms with Crippen molar-refractivity contribution in [2.24, 2.45) is 0 Å². The zero-order chi connectivity index (χ0) is 23.1. The number of ether oxygens (including phenoxy) is 1. The highest BCUT2D eigenvalue weighted by molar-refractivity contribution is 7.55. The Kier molecular flexibility index (Phi) is 10.2. The van der Waals surface area contributed by atoms with E-state index in [1.165, 1.54) is 4.90 Å². The van der Waals surface area contributed by atoms with Gasteiger partial charge in [-0.3, -0.25) is 9.46 Å². The quantitative estimate of drug-likeness (QED) is 0.185. The van der Waals surface area contributed by atoms with Crippen LogP contribution in [0.2, 0.25) is 0 Å². The maximum absolute atomic E-state index is 13.9. The Hall–Kier alpha value is -0.750. The summed E-state index contributed by atoms with van der Waals surface area (Å²) in [7, 11) is -3.76. The highest BCUT2D eigenvalue weighted by Gasteiger charge is 2.44. The Bertz CT molecular complexity index is 814. The second-order valence-electron chi connectivity index (χ2n) is 7.29. The van der Waals surface area contributed by atoms with Crippen molar-refractivity contribution in [3.8, 4) is 0 Å². The molecule has 1 amide bonds. The minimum absolute atomic E-state index is 0.252. The van der Waals surface area contributed by atoms with Crippen molar-refractivity contribution in [3.05, 3.63) is 35.4 Å². The number of carbonyl (C=O) groups is 1. The number of fused-ring (bicyclic) bond motifs is 1. The predicted molar refractivity (Wildman–Crippen MR) is 127 cm³/mol. The molecule has 0 saturated heterocycles. The smallest absolute Gasteiger partial charge is 0.415 e. The first-order valence-corrected chi connectivity index (χ1v) is 13.1. The van der Waals surface area contributed by atoms with E-state index in [0.29, 0.717) is 18.5 Å². The van der Waals surface area contributed by atoms with Crippen LogP contribution in [-0.4, -0.2) is 35.5 Å². The molecule has 1 heterocycles. The molecule has 1 aliphatic rings. The van der Waals surface area contributed by atoms with E-state index >= 15 is 0 Å². The SMILES string of the molecule is CCCCOP(=O)(OCCCC)[C@H]1C=Cc2ccc(C)cc2N1C(=O)OCC(Cl)(Cl)Cl. The number of rotatable bonds is 10. The van der Waals surface area contributed by atoms with Crippen molar-refractivity contribution < 1.29 is 23.1 Å². The van der Waals surface area contributed by atoms with Gasteiger partial charge in [-0.25, -0.2) is 4.79 Å². The number of nitrogens with zero attached hydrogens (tertiary/aromatic N) is 1. The van der Waals surface area contributed by atoms with Gasteiger partial charge in [0, 0.05) is 0 Å². The van der Waals surface area contributed by atoms with Gasteiger partial charge in [0.05, 0.1) is 18.9 Å². The molecule has 0 unspecified atom stereocenters. The first kappa shape index (κ1) is 26.5. The molecule has 174 valence electrons. The van der Waals surface area contributed by atoms with Crippen LogP contribution >= 0.6 is 42.4 Å². The standard InChI is InChI=1S/C21H29Cl3NO5P/c1-4-6-12-29-31(27,30-13-7-5-2)19-11-10-17-9-8-16(3)14-18(17)25(19)20(26)28-15-21(22,23)24/h8-11,14,19H,4-7,12-13,15H2,1-3H3/t19-/m0/s1. The van der Waals surface area contributed by atoms with Gasteiger partial charge in [-0.15, -0.1) is 0 Å². The van der Waals surface area contributed by atoms with Gasteiger partial charge in [-0.05, 0) is 43.0 Å². The molecule has 1 atom stereocenters. The summed E-state index contributed by atoms with van der Waals surface area (Å²) in [5.41, 5.74) is 2.21. The van der Waals surface area contributed by atoms with Crippen LogP contribution in [-0.2, 0) is 18.3 Å². The van der Waals surface area contributed by atoms with Crippen molar-refractivity contribution in [2.75, 3.05) is 24.7 Å². The van der Waals surface area contributed by atoms with Crippen LogP contribution in [0.5, 0.6) is 0 Å². The van der Waals surface area contributed by atoms with Crippen molar-refractivity contribution in [1.82, 2.24) is 0 Å². The second kappa shape index (κ2) is 11.9. The summed E-state index contributed by atoms with van der Waals surface area (Å²) >= 11 is 17.3. The molecule has 0 saturated carbocycles. The number of hydrogen-bond acceptors (Lipinski definition) is 5. The molecule has 0 bridgehead atoms. The lowest BCUT2D eigenvalue weighted by atomic mass is 10.1. The number of halogens is 3. The number of aryl methyl sites for hydroxylation is 1. The van der Waals surface area contributed by atoms with Gasteiger partial charge >= 0.3 is 13.7 Å². The molecule has 0 aromatic heterocycles. The molecule has 31 heavy (non-hydrogen) atoms. The summed E-state index contributed by atoms with van der Waals surface area (Å²) in [6, 6.07) is 5.60. The van der Waals surface area contributed by atoms with E-state index in [0.717, 1.165) is 24.0 Å². The van der Waals surface area contributed by atoms with E-state index in [1.807, 2.05) is 39.0 Å². The number of alkyl halides is 3. The first-order chi connectivity index (χ1) is 14.6. The second-order valence-corrected chi connectivity index (χ2v) is 11.9. The lowest BCUT2D eigenvalue weighted by Gasteiger charge is -2.36. The van der Waals surface area contributed by atoms with Crippen LogP contribution in [0.1, 0.15) is 50.7 Å². The van der Waals surface area contributed by atoms with Gasteiger partial charge in [-0.2, -0.15) is 0 Å². The van der Waals surface area contributed by atoms with E-state index in [-0.39, 0.29) is 13.2 Å². The van der Waals surface area contributed by atoms with Gasteiger partial charge in [0.15, 0.2) is 5.78 Å². The molecule has 0 fully saturated rings. The molecular formula is C21H29Cl3NO5P. The normalized spacial score (nSPS) is 16.3. The van der Waals surface area contributed by atoms with Crippen LogP contribution < -0.4 is 4.90 Å². The fraction of sp³-hybridized carbons (Fsp3) is 0.571. The molecule has 0 aliphatic carbocycles.